The van der Waals surface area contributed by atoms with Gasteiger partial charge in [-0.05, 0) is 44.2 Å². The summed E-state index contributed by atoms with van der Waals surface area (Å²) in [5, 5.41) is 0. The molecule has 0 atom stereocenters. The molecule has 3 aromatic rings. The van der Waals surface area contributed by atoms with Crippen molar-refractivity contribution in [3.8, 4) is 11.6 Å². The average molecular weight is 424 g/mol. The zero-order valence-electron chi connectivity index (χ0n) is 15.8. The molecule has 8 heteroatoms. The second kappa shape index (κ2) is 7.81. The number of thioether (sulfide) groups is 1. The van der Waals surface area contributed by atoms with Crippen LogP contribution in [0.25, 0.3) is 11.7 Å². The number of nitrogens with zero attached hydrogens (tertiary/aromatic N) is 3. The largest absolute Gasteiger partial charge is 0.438 e. The summed E-state index contributed by atoms with van der Waals surface area (Å²) in [6.07, 6.45) is 3.15. The van der Waals surface area contributed by atoms with Gasteiger partial charge in [-0.2, -0.15) is 4.98 Å². The number of carbonyl (C=O) groups excluding carboxylic acids is 1. The fourth-order valence-corrected chi connectivity index (χ4v) is 4.27. The van der Waals surface area contributed by atoms with Crippen molar-refractivity contribution >= 4 is 45.9 Å². The Bertz CT molecular complexity index is 1220. The number of hydrogen-bond acceptors (Lipinski definition) is 6. The van der Waals surface area contributed by atoms with Gasteiger partial charge in [-0.15, -0.1) is 0 Å². The molecule has 0 spiro atoms. The molecule has 0 unspecified atom stereocenters. The molecule has 2 aromatic heterocycles. The third-order valence-electron chi connectivity index (χ3n) is 4.43. The molecule has 1 amide bonds. The molecule has 1 aliphatic rings. The van der Waals surface area contributed by atoms with E-state index in [2.05, 4.69) is 4.98 Å². The number of fused-ring (bicyclic) bond motifs is 1. The van der Waals surface area contributed by atoms with Crippen LogP contribution in [0.4, 0.5) is 0 Å². The summed E-state index contributed by atoms with van der Waals surface area (Å²) in [4.78, 5) is 32.1. The predicted octanol–water partition coefficient (Wildman–Crippen LogP) is 4.02. The minimum Gasteiger partial charge on any atom is -0.438 e. The van der Waals surface area contributed by atoms with E-state index in [1.54, 1.807) is 24.4 Å². The van der Waals surface area contributed by atoms with Crippen LogP contribution in [0, 0.1) is 6.92 Å². The highest BCUT2D eigenvalue weighted by Gasteiger charge is 2.31. The van der Waals surface area contributed by atoms with Gasteiger partial charge in [0.25, 0.3) is 11.5 Å². The fraction of sp³-hybridized carbons (Fsp3) is 0.143. The summed E-state index contributed by atoms with van der Waals surface area (Å²) in [6, 6.07) is 12.7. The Labute approximate surface area is 176 Å². The molecule has 29 heavy (non-hydrogen) atoms. The lowest BCUT2D eigenvalue weighted by atomic mass is 10.2. The molecule has 1 saturated heterocycles. The molecule has 1 aliphatic heterocycles. The lowest BCUT2D eigenvalue weighted by Gasteiger charge is -2.11. The molecule has 0 radical (unpaired) electrons. The van der Waals surface area contributed by atoms with Gasteiger partial charge < -0.3 is 4.74 Å². The summed E-state index contributed by atoms with van der Waals surface area (Å²) in [5.41, 5.74) is 1.43. The number of rotatable bonds is 4. The van der Waals surface area contributed by atoms with Gasteiger partial charge >= 0.3 is 0 Å². The van der Waals surface area contributed by atoms with Crippen molar-refractivity contribution in [2.75, 3.05) is 6.54 Å². The van der Waals surface area contributed by atoms with Crippen LogP contribution in [-0.4, -0.2) is 31.1 Å². The monoisotopic (exact) mass is 423 g/mol. The van der Waals surface area contributed by atoms with Crippen LogP contribution in [0.15, 0.2) is 58.4 Å². The Morgan fingerprint density at radius 3 is 2.62 bits per heavy atom. The molecule has 4 rings (SSSR count). The topological polar surface area (TPSA) is 63.9 Å². The second-order valence-corrected chi connectivity index (χ2v) is 8.08. The van der Waals surface area contributed by atoms with Crippen molar-refractivity contribution in [2.24, 2.45) is 0 Å². The molecule has 1 aromatic carbocycles. The smallest absolute Gasteiger partial charge is 0.269 e. The fourth-order valence-electron chi connectivity index (χ4n) is 2.91. The van der Waals surface area contributed by atoms with Crippen LogP contribution in [0.5, 0.6) is 11.6 Å². The molecule has 0 N–H and O–H groups in total. The lowest BCUT2D eigenvalue weighted by molar-refractivity contribution is -0.121. The highest BCUT2D eigenvalue weighted by molar-refractivity contribution is 8.26. The van der Waals surface area contributed by atoms with Crippen LogP contribution in [-0.2, 0) is 4.79 Å². The molecule has 1 fully saturated rings. The Hall–Kier alpha value is -2.97. The number of carbonyl (C=O) groups is 1. The maximum atomic E-state index is 13.2. The number of aromatic nitrogens is 2. The molecule has 0 bridgehead atoms. The predicted molar refractivity (Wildman–Crippen MR) is 118 cm³/mol. The first kappa shape index (κ1) is 19.4. The van der Waals surface area contributed by atoms with E-state index in [0.717, 1.165) is 5.56 Å². The minimum atomic E-state index is -0.320. The lowest BCUT2D eigenvalue weighted by Crippen LogP contribution is -2.27. The summed E-state index contributed by atoms with van der Waals surface area (Å²) < 4.78 is 7.84. The quantitative estimate of drug-likeness (QED) is 0.467. The summed E-state index contributed by atoms with van der Waals surface area (Å²) >= 11 is 6.44. The van der Waals surface area contributed by atoms with Gasteiger partial charge in [0.15, 0.2) is 0 Å². The van der Waals surface area contributed by atoms with Crippen LogP contribution >= 0.6 is 24.0 Å². The van der Waals surface area contributed by atoms with Gasteiger partial charge in [0, 0.05) is 12.7 Å². The number of thiocarbonyl (C=S) groups is 1. The van der Waals surface area contributed by atoms with Crippen molar-refractivity contribution in [3.63, 3.8) is 0 Å². The Morgan fingerprint density at radius 1 is 1.17 bits per heavy atom. The number of ether oxygens (including phenoxy) is 1. The normalized spacial score (nSPS) is 15.5. The molecule has 0 aliphatic carbocycles. The van der Waals surface area contributed by atoms with Crippen molar-refractivity contribution in [3.05, 3.63) is 75.0 Å². The highest BCUT2D eigenvalue weighted by atomic mass is 32.2. The van der Waals surface area contributed by atoms with Gasteiger partial charge in [0.05, 0.1) is 4.91 Å². The second-order valence-electron chi connectivity index (χ2n) is 6.41. The summed E-state index contributed by atoms with van der Waals surface area (Å²) in [6.45, 7) is 4.31. The number of benzene rings is 1. The Balaban J connectivity index is 1.87. The van der Waals surface area contributed by atoms with E-state index in [0.29, 0.717) is 27.2 Å². The van der Waals surface area contributed by atoms with Crippen molar-refractivity contribution in [2.45, 2.75) is 13.8 Å². The molecule has 3 heterocycles. The number of pyridine rings is 1. The molecule has 0 saturated carbocycles. The zero-order valence-corrected chi connectivity index (χ0v) is 17.4. The van der Waals surface area contributed by atoms with Gasteiger partial charge in [0.2, 0.25) is 5.88 Å². The van der Waals surface area contributed by atoms with Crippen LogP contribution in [0.2, 0.25) is 0 Å². The zero-order chi connectivity index (χ0) is 20.5. The van der Waals surface area contributed by atoms with E-state index < -0.39 is 0 Å². The standard InChI is InChI=1S/C21H17N3O3S2/c1-3-23-20(26)16(29-21(23)28)12-15-18(27-14-9-7-13(2)8-10-14)22-17-6-4-5-11-24(17)19(15)25/h4-12H,3H2,1-2H3. The molecular weight excluding hydrogens is 406 g/mol. The first-order valence-corrected chi connectivity index (χ1v) is 10.2. The molecular formula is C21H17N3O3S2. The van der Waals surface area contributed by atoms with Crippen molar-refractivity contribution in [1.29, 1.82) is 0 Å². The van der Waals surface area contributed by atoms with E-state index in [4.69, 9.17) is 17.0 Å². The van der Waals surface area contributed by atoms with Crippen molar-refractivity contribution in [1.82, 2.24) is 14.3 Å². The van der Waals surface area contributed by atoms with Gasteiger partial charge in [-0.25, -0.2) is 0 Å². The maximum absolute atomic E-state index is 13.2. The molecule has 6 nitrogen and oxygen atoms in total. The first-order chi connectivity index (χ1) is 14.0. The van der Waals surface area contributed by atoms with E-state index in [1.165, 1.54) is 27.1 Å². The highest BCUT2D eigenvalue weighted by Crippen LogP contribution is 2.33. The van der Waals surface area contributed by atoms with Gasteiger partial charge in [0.1, 0.15) is 21.3 Å². The van der Waals surface area contributed by atoms with E-state index in [1.807, 2.05) is 38.1 Å². The van der Waals surface area contributed by atoms with E-state index in [9.17, 15) is 9.59 Å². The van der Waals surface area contributed by atoms with E-state index in [-0.39, 0.29) is 22.9 Å². The Morgan fingerprint density at radius 2 is 1.93 bits per heavy atom. The van der Waals surface area contributed by atoms with Crippen LogP contribution in [0.1, 0.15) is 18.1 Å². The van der Waals surface area contributed by atoms with Gasteiger partial charge in [-0.1, -0.05) is 47.7 Å². The summed E-state index contributed by atoms with van der Waals surface area (Å²) in [5.74, 6) is 0.478. The number of amides is 1. The number of aryl methyl sites for hydroxylation is 1. The number of hydrogen-bond donors (Lipinski definition) is 0. The van der Waals surface area contributed by atoms with E-state index >= 15 is 0 Å². The average Bonchev–Trinajstić information content (AvgIpc) is 2.99. The molecule has 146 valence electrons. The maximum Gasteiger partial charge on any atom is 0.269 e. The van der Waals surface area contributed by atoms with Crippen LogP contribution < -0.4 is 10.3 Å². The SMILES string of the molecule is CCN1C(=O)C(=Cc2c(Oc3ccc(C)cc3)nc3ccccn3c2=O)SC1=S. The number of likely N-dealkylation sites (N-methyl/N-ethyl adjacent to an activating group) is 1. The summed E-state index contributed by atoms with van der Waals surface area (Å²) in [7, 11) is 0. The first-order valence-electron chi connectivity index (χ1n) is 8.99. The minimum absolute atomic E-state index is 0.145. The van der Waals surface area contributed by atoms with Gasteiger partial charge in [-0.3, -0.25) is 18.9 Å². The van der Waals surface area contributed by atoms with Crippen molar-refractivity contribution < 1.29 is 9.53 Å². The third-order valence-corrected chi connectivity index (χ3v) is 5.81. The van der Waals surface area contributed by atoms with Crippen LogP contribution in [0.3, 0.4) is 0 Å². The third kappa shape index (κ3) is 3.68. The Kier molecular flexibility index (Phi) is 5.21.